The summed E-state index contributed by atoms with van der Waals surface area (Å²) < 4.78 is 19.2. The Kier molecular flexibility index (Phi) is 5.99. The van der Waals surface area contributed by atoms with Crippen LogP contribution < -0.4 is 5.32 Å². The van der Waals surface area contributed by atoms with Gasteiger partial charge in [-0.15, -0.1) is 0 Å². The molecular weight excluding hydrogens is 366 g/mol. The molecule has 0 spiro atoms. The molecule has 1 amide bonds. The van der Waals surface area contributed by atoms with Crippen LogP contribution in [0.3, 0.4) is 0 Å². The molecule has 4 nitrogen and oxygen atoms in total. The van der Waals surface area contributed by atoms with Crippen LogP contribution in [0.5, 0.6) is 0 Å². The van der Waals surface area contributed by atoms with Gasteiger partial charge in [0.25, 0.3) is 5.91 Å². The highest BCUT2D eigenvalue weighted by molar-refractivity contribution is 6.36. The van der Waals surface area contributed by atoms with E-state index in [2.05, 4.69) is 10.2 Å². The third-order valence-electron chi connectivity index (χ3n) is 4.41. The van der Waals surface area contributed by atoms with Crippen LogP contribution in [0, 0.1) is 5.82 Å². The minimum Gasteiger partial charge on any atom is -0.468 e. The molecule has 2 heterocycles. The molecule has 1 aliphatic rings. The van der Waals surface area contributed by atoms with E-state index in [0.717, 1.165) is 37.8 Å². The molecule has 25 heavy (non-hydrogen) atoms. The van der Waals surface area contributed by atoms with Gasteiger partial charge in [0.1, 0.15) is 11.6 Å². The van der Waals surface area contributed by atoms with Gasteiger partial charge in [0.05, 0.1) is 27.9 Å². The third kappa shape index (κ3) is 4.35. The number of rotatable bonds is 5. The van der Waals surface area contributed by atoms with Crippen molar-refractivity contribution < 1.29 is 13.6 Å². The SMILES string of the molecule is O=C(NCC(c1ccco1)N1CCCCC1)c1cc(F)c(Cl)cc1Cl. The smallest absolute Gasteiger partial charge is 0.252 e. The highest BCUT2D eigenvalue weighted by Gasteiger charge is 2.25. The molecule has 1 atom stereocenters. The van der Waals surface area contributed by atoms with Gasteiger partial charge in [-0.05, 0) is 50.2 Å². The number of benzene rings is 1. The molecular formula is C18H19Cl2FN2O2. The summed E-state index contributed by atoms with van der Waals surface area (Å²) in [5.74, 6) is -0.306. The first-order valence-corrected chi connectivity index (χ1v) is 9.02. The van der Waals surface area contributed by atoms with Crippen molar-refractivity contribution in [2.24, 2.45) is 0 Å². The van der Waals surface area contributed by atoms with Gasteiger partial charge in [-0.1, -0.05) is 29.6 Å². The van der Waals surface area contributed by atoms with Crippen molar-refractivity contribution in [1.29, 1.82) is 0 Å². The zero-order chi connectivity index (χ0) is 17.8. The Hall–Kier alpha value is -1.56. The number of piperidine rings is 1. The minimum atomic E-state index is -0.671. The van der Waals surface area contributed by atoms with Gasteiger partial charge in [0, 0.05) is 6.54 Å². The summed E-state index contributed by atoms with van der Waals surface area (Å²) >= 11 is 11.7. The number of halogens is 3. The lowest BCUT2D eigenvalue weighted by atomic mass is 10.1. The summed E-state index contributed by atoms with van der Waals surface area (Å²) in [6.45, 7) is 2.27. The average Bonchev–Trinajstić information content (AvgIpc) is 3.13. The normalized spacial score (nSPS) is 16.6. The molecule has 1 N–H and O–H groups in total. The maximum absolute atomic E-state index is 13.6. The molecule has 1 unspecified atom stereocenters. The summed E-state index contributed by atoms with van der Waals surface area (Å²) in [5, 5.41) is 2.85. The van der Waals surface area contributed by atoms with E-state index in [1.54, 1.807) is 6.26 Å². The number of carbonyl (C=O) groups excluding carboxylic acids is 1. The Balaban J connectivity index is 1.72. The van der Waals surface area contributed by atoms with E-state index in [-0.39, 0.29) is 21.7 Å². The molecule has 1 aromatic heterocycles. The van der Waals surface area contributed by atoms with E-state index in [4.69, 9.17) is 27.6 Å². The fourth-order valence-corrected chi connectivity index (χ4v) is 3.57. The molecule has 0 saturated carbocycles. The minimum absolute atomic E-state index is 0.0600. The van der Waals surface area contributed by atoms with Crippen molar-refractivity contribution in [3.05, 3.63) is 57.7 Å². The van der Waals surface area contributed by atoms with Gasteiger partial charge >= 0.3 is 0 Å². The fraction of sp³-hybridized carbons (Fsp3) is 0.389. The van der Waals surface area contributed by atoms with E-state index < -0.39 is 11.7 Å². The topological polar surface area (TPSA) is 45.5 Å². The van der Waals surface area contributed by atoms with Crippen molar-refractivity contribution in [2.45, 2.75) is 25.3 Å². The standard InChI is InChI=1S/C18H19Cl2FN2O2/c19-13-10-14(20)15(21)9-12(13)18(24)22-11-16(17-5-4-8-25-17)23-6-2-1-3-7-23/h4-5,8-10,16H,1-3,6-7,11H2,(H,22,24). The van der Waals surface area contributed by atoms with Crippen LogP contribution in [0.15, 0.2) is 34.9 Å². The van der Waals surface area contributed by atoms with E-state index in [1.807, 2.05) is 12.1 Å². The van der Waals surface area contributed by atoms with E-state index >= 15 is 0 Å². The van der Waals surface area contributed by atoms with E-state index in [9.17, 15) is 9.18 Å². The lowest BCUT2D eigenvalue weighted by Crippen LogP contribution is -2.40. The van der Waals surface area contributed by atoms with Crippen LogP contribution in [0.4, 0.5) is 4.39 Å². The molecule has 0 aliphatic carbocycles. The summed E-state index contributed by atoms with van der Waals surface area (Å²) in [5.41, 5.74) is 0.0698. The molecule has 1 saturated heterocycles. The molecule has 1 aliphatic heterocycles. The van der Waals surface area contributed by atoms with E-state index in [1.165, 1.54) is 12.5 Å². The first-order valence-electron chi connectivity index (χ1n) is 8.26. The maximum Gasteiger partial charge on any atom is 0.252 e. The maximum atomic E-state index is 13.6. The van der Waals surface area contributed by atoms with Crippen molar-refractivity contribution >= 4 is 29.1 Å². The molecule has 7 heteroatoms. The number of hydrogen-bond donors (Lipinski definition) is 1. The van der Waals surface area contributed by atoms with Crippen LogP contribution in [0.1, 0.15) is 41.4 Å². The molecule has 2 aromatic rings. The highest BCUT2D eigenvalue weighted by Crippen LogP contribution is 2.26. The van der Waals surface area contributed by atoms with Crippen LogP contribution in [0.2, 0.25) is 10.0 Å². The zero-order valence-corrected chi connectivity index (χ0v) is 15.1. The Labute approximate surface area is 155 Å². The largest absolute Gasteiger partial charge is 0.468 e. The van der Waals surface area contributed by atoms with Gasteiger partial charge < -0.3 is 9.73 Å². The van der Waals surface area contributed by atoms with Crippen molar-refractivity contribution in [1.82, 2.24) is 10.2 Å². The first-order chi connectivity index (χ1) is 12.1. The van der Waals surface area contributed by atoms with Gasteiger partial charge in [-0.2, -0.15) is 0 Å². The molecule has 1 aromatic carbocycles. The third-order valence-corrected chi connectivity index (χ3v) is 5.02. The van der Waals surface area contributed by atoms with E-state index in [0.29, 0.717) is 6.54 Å². The fourth-order valence-electron chi connectivity index (χ4n) is 3.10. The van der Waals surface area contributed by atoms with Crippen molar-refractivity contribution in [3.8, 4) is 0 Å². The zero-order valence-electron chi connectivity index (χ0n) is 13.6. The second-order valence-electron chi connectivity index (χ2n) is 6.08. The second-order valence-corrected chi connectivity index (χ2v) is 6.90. The summed E-state index contributed by atoms with van der Waals surface area (Å²) in [4.78, 5) is 14.7. The van der Waals surface area contributed by atoms with Gasteiger partial charge in [-0.3, -0.25) is 9.69 Å². The average molecular weight is 385 g/mol. The lowest BCUT2D eigenvalue weighted by molar-refractivity contribution is 0.0914. The Morgan fingerprint density at radius 1 is 1.24 bits per heavy atom. The Bertz CT molecular complexity index is 731. The summed E-state index contributed by atoms with van der Waals surface area (Å²) in [7, 11) is 0. The Morgan fingerprint density at radius 2 is 2.00 bits per heavy atom. The molecule has 0 bridgehead atoms. The van der Waals surface area contributed by atoms with Crippen molar-refractivity contribution in [2.75, 3.05) is 19.6 Å². The number of carbonyl (C=O) groups is 1. The van der Waals surface area contributed by atoms with Crippen LogP contribution in [-0.4, -0.2) is 30.4 Å². The van der Waals surface area contributed by atoms with Crippen LogP contribution in [-0.2, 0) is 0 Å². The van der Waals surface area contributed by atoms with Gasteiger partial charge in [-0.25, -0.2) is 4.39 Å². The van der Waals surface area contributed by atoms with Gasteiger partial charge in [0.15, 0.2) is 0 Å². The highest BCUT2D eigenvalue weighted by atomic mass is 35.5. The number of nitrogens with zero attached hydrogens (tertiary/aromatic N) is 1. The first kappa shape index (κ1) is 18.2. The number of nitrogens with one attached hydrogen (secondary N) is 1. The molecule has 1 fully saturated rings. The number of hydrogen-bond acceptors (Lipinski definition) is 3. The molecule has 3 rings (SSSR count). The molecule has 134 valence electrons. The summed E-state index contributed by atoms with van der Waals surface area (Å²) in [6.07, 6.45) is 5.09. The number of amides is 1. The number of likely N-dealkylation sites (tertiary alicyclic amines) is 1. The monoisotopic (exact) mass is 384 g/mol. The quantitative estimate of drug-likeness (QED) is 0.760. The molecule has 0 radical (unpaired) electrons. The predicted octanol–water partition coefficient (Wildman–Crippen LogP) is 4.68. The number of furan rings is 1. The predicted molar refractivity (Wildman–Crippen MR) is 95.6 cm³/mol. The lowest BCUT2D eigenvalue weighted by Gasteiger charge is -2.33. The van der Waals surface area contributed by atoms with Crippen molar-refractivity contribution in [3.63, 3.8) is 0 Å². The Morgan fingerprint density at radius 3 is 2.68 bits per heavy atom. The van der Waals surface area contributed by atoms with Crippen LogP contribution in [0.25, 0.3) is 0 Å². The summed E-state index contributed by atoms with van der Waals surface area (Å²) in [6, 6.07) is 5.97. The van der Waals surface area contributed by atoms with Gasteiger partial charge in [0.2, 0.25) is 0 Å². The second kappa shape index (κ2) is 8.21. The van der Waals surface area contributed by atoms with Crippen LogP contribution >= 0.6 is 23.2 Å².